The number of rotatable bonds is 4. The van der Waals surface area contributed by atoms with Crippen molar-refractivity contribution in [1.82, 2.24) is 10.3 Å². The highest BCUT2D eigenvalue weighted by molar-refractivity contribution is 5.97. The Morgan fingerprint density at radius 3 is 2.78 bits per heavy atom. The van der Waals surface area contributed by atoms with Gasteiger partial charge in [0.2, 0.25) is 5.91 Å². The molecule has 3 aromatic rings. The number of anilines is 1. The smallest absolute Gasteiger partial charge is 0.251 e. The lowest BCUT2D eigenvalue weighted by molar-refractivity contribution is -0.114. The highest BCUT2D eigenvalue weighted by Gasteiger charge is 2.27. The minimum Gasteiger partial charge on any atom is -0.497 e. The molecule has 4 rings (SSSR count). The maximum absolute atomic E-state index is 12.6. The summed E-state index contributed by atoms with van der Waals surface area (Å²) in [6, 6.07) is 13.0. The van der Waals surface area contributed by atoms with E-state index in [4.69, 9.17) is 4.74 Å². The van der Waals surface area contributed by atoms with Crippen LogP contribution in [0.2, 0.25) is 0 Å². The molecule has 0 saturated carbocycles. The Kier molecular flexibility index (Phi) is 4.32. The van der Waals surface area contributed by atoms with Crippen LogP contribution in [0.25, 0.3) is 10.9 Å². The van der Waals surface area contributed by atoms with Crippen molar-refractivity contribution in [2.24, 2.45) is 0 Å². The summed E-state index contributed by atoms with van der Waals surface area (Å²) >= 11 is 0. The van der Waals surface area contributed by atoms with Crippen molar-refractivity contribution in [3.63, 3.8) is 0 Å². The number of H-pyrrole nitrogens is 1. The van der Waals surface area contributed by atoms with Gasteiger partial charge in [0.15, 0.2) is 0 Å². The van der Waals surface area contributed by atoms with Crippen molar-refractivity contribution in [3.8, 4) is 5.75 Å². The number of aromatic amines is 1. The quantitative estimate of drug-likeness (QED) is 0.666. The third-order valence-corrected chi connectivity index (χ3v) is 4.88. The van der Waals surface area contributed by atoms with Crippen LogP contribution >= 0.6 is 0 Å². The molecule has 0 spiro atoms. The van der Waals surface area contributed by atoms with Crippen LogP contribution in [0.3, 0.4) is 0 Å². The molecular formula is C21H21N3O3. The summed E-state index contributed by atoms with van der Waals surface area (Å²) in [5.74, 6) is 0.523. The zero-order chi connectivity index (χ0) is 19.0. The summed E-state index contributed by atoms with van der Waals surface area (Å²) in [6.07, 6.45) is 1.54. The number of ether oxygens (including phenoxy) is 1. The summed E-state index contributed by atoms with van der Waals surface area (Å²) in [6.45, 7) is 1.44. The molecule has 1 atom stereocenters. The number of hydrogen-bond donors (Lipinski definition) is 3. The average molecular weight is 363 g/mol. The molecule has 0 bridgehead atoms. The van der Waals surface area contributed by atoms with E-state index in [1.54, 1.807) is 31.4 Å². The molecule has 1 aliphatic carbocycles. The second-order valence-electron chi connectivity index (χ2n) is 6.83. The standard InChI is InChI=1S/C21H21N3O3/c1-12(25)22-14-5-3-4-13(8-14)21(26)23-15-9-17-18-11-16(27-2)6-7-19(18)24-20(17)10-15/h3-8,11,15,24H,9-10H2,1-2H3,(H,22,25)(H,23,26). The summed E-state index contributed by atoms with van der Waals surface area (Å²) < 4.78 is 5.33. The van der Waals surface area contributed by atoms with Crippen LogP contribution in [0.15, 0.2) is 42.5 Å². The number of amides is 2. The Hall–Kier alpha value is -3.28. The van der Waals surface area contributed by atoms with Crippen molar-refractivity contribution in [3.05, 3.63) is 59.3 Å². The number of benzene rings is 2. The van der Waals surface area contributed by atoms with E-state index in [-0.39, 0.29) is 17.9 Å². The van der Waals surface area contributed by atoms with Crippen molar-refractivity contribution in [2.75, 3.05) is 12.4 Å². The Labute approximate surface area is 156 Å². The summed E-state index contributed by atoms with van der Waals surface area (Å²) in [4.78, 5) is 27.3. The average Bonchev–Trinajstić information content (AvgIpc) is 3.18. The van der Waals surface area contributed by atoms with Crippen LogP contribution in [0.4, 0.5) is 5.69 Å². The van der Waals surface area contributed by atoms with E-state index in [0.717, 1.165) is 35.2 Å². The van der Waals surface area contributed by atoms with Gasteiger partial charge < -0.3 is 20.4 Å². The highest BCUT2D eigenvalue weighted by atomic mass is 16.5. The van der Waals surface area contributed by atoms with Gasteiger partial charge >= 0.3 is 0 Å². The van der Waals surface area contributed by atoms with Crippen LogP contribution in [-0.2, 0) is 17.6 Å². The van der Waals surface area contributed by atoms with E-state index in [2.05, 4.69) is 15.6 Å². The van der Waals surface area contributed by atoms with Gasteiger partial charge in [-0.15, -0.1) is 0 Å². The topological polar surface area (TPSA) is 83.2 Å². The maximum atomic E-state index is 12.6. The number of carbonyl (C=O) groups excluding carboxylic acids is 2. The van der Waals surface area contributed by atoms with Gasteiger partial charge in [0.05, 0.1) is 7.11 Å². The second-order valence-corrected chi connectivity index (χ2v) is 6.83. The van der Waals surface area contributed by atoms with Crippen LogP contribution in [0.5, 0.6) is 5.75 Å². The number of nitrogens with one attached hydrogen (secondary N) is 3. The van der Waals surface area contributed by atoms with Gasteiger partial charge in [-0.3, -0.25) is 9.59 Å². The molecule has 0 saturated heterocycles. The van der Waals surface area contributed by atoms with Crippen LogP contribution in [0.1, 0.15) is 28.5 Å². The lowest BCUT2D eigenvalue weighted by atomic mass is 10.1. The van der Waals surface area contributed by atoms with Gasteiger partial charge in [0, 0.05) is 47.2 Å². The van der Waals surface area contributed by atoms with Crippen molar-refractivity contribution in [2.45, 2.75) is 25.8 Å². The molecule has 1 heterocycles. The number of fused-ring (bicyclic) bond motifs is 3. The first kappa shape index (κ1) is 17.1. The first-order chi connectivity index (χ1) is 13.0. The molecule has 2 amide bonds. The zero-order valence-corrected chi connectivity index (χ0v) is 15.3. The van der Waals surface area contributed by atoms with E-state index >= 15 is 0 Å². The summed E-state index contributed by atoms with van der Waals surface area (Å²) in [5, 5.41) is 6.94. The number of hydrogen-bond acceptors (Lipinski definition) is 3. The van der Waals surface area contributed by atoms with E-state index in [1.165, 1.54) is 12.5 Å². The molecule has 0 radical (unpaired) electrons. The largest absolute Gasteiger partial charge is 0.497 e. The molecule has 6 nitrogen and oxygen atoms in total. The number of aromatic nitrogens is 1. The summed E-state index contributed by atoms with van der Waals surface area (Å²) in [7, 11) is 1.66. The molecule has 2 aromatic carbocycles. The number of carbonyl (C=O) groups is 2. The predicted molar refractivity (Wildman–Crippen MR) is 104 cm³/mol. The second kappa shape index (κ2) is 6.79. The van der Waals surface area contributed by atoms with Gasteiger partial charge in [-0.1, -0.05) is 6.07 Å². The fourth-order valence-corrected chi connectivity index (χ4v) is 3.69. The molecule has 6 heteroatoms. The van der Waals surface area contributed by atoms with Crippen LogP contribution < -0.4 is 15.4 Å². The SMILES string of the molecule is COc1ccc2[nH]c3c(c2c1)CC(NC(=O)c1cccc(NC(C)=O)c1)C3. The lowest BCUT2D eigenvalue weighted by Gasteiger charge is -2.13. The Balaban J connectivity index is 1.49. The Bertz CT molecular complexity index is 1040. The monoisotopic (exact) mass is 363 g/mol. The van der Waals surface area contributed by atoms with E-state index < -0.39 is 0 Å². The summed E-state index contributed by atoms with van der Waals surface area (Å²) in [5.41, 5.74) is 4.64. The Morgan fingerprint density at radius 2 is 2.00 bits per heavy atom. The molecule has 1 aliphatic rings. The third kappa shape index (κ3) is 3.38. The molecule has 1 unspecified atom stereocenters. The van der Waals surface area contributed by atoms with Gasteiger partial charge in [0.1, 0.15) is 5.75 Å². The molecule has 3 N–H and O–H groups in total. The third-order valence-electron chi connectivity index (χ3n) is 4.88. The van der Waals surface area contributed by atoms with E-state index in [9.17, 15) is 9.59 Å². The molecule has 0 fully saturated rings. The molecular weight excluding hydrogens is 342 g/mol. The number of methoxy groups -OCH3 is 1. The first-order valence-corrected chi connectivity index (χ1v) is 8.89. The maximum Gasteiger partial charge on any atom is 0.251 e. The molecule has 27 heavy (non-hydrogen) atoms. The van der Waals surface area contributed by atoms with E-state index in [0.29, 0.717) is 11.3 Å². The van der Waals surface area contributed by atoms with E-state index in [1.807, 2.05) is 18.2 Å². The molecule has 1 aromatic heterocycles. The zero-order valence-electron chi connectivity index (χ0n) is 15.3. The minimum absolute atomic E-state index is 0.0405. The van der Waals surface area contributed by atoms with Crippen molar-refractivity contribution in [1.29, 1.82) is 0 Å². The van der Waals surface area contributed by atoms with Gasteiger partial charge in [-0.05, 0) is 48.4 Å². The van der Waals surface area contributed by atoms with Gasteiger partial charge in [-0.2, -0.15) is 0 Å². The normalized spacial score (nSPS) is 15.4. The minimum atomic E-state index is -0.163. The fraction of sp³-hybridized carbons (Fsp3) is 0.238. The lowest BCUT2D eigenvalue weighted by Crippen LogP contribution is -2.35. The van der Waals surface area contributed by atoms with Gasteiger partial charge in [0.25, 0.3) is 5.91 Å². The molecule has 0 aliphatic heterocycles. The Morgan fingerprint density at radius 1 is 1.15 bits per heavy atom. The van der Waals surface area contributed by atoms with Crippen LogP contribution in [-0.4, -0.2) is 29.9 Å². The first-order valence-electron chi connectivity index (χ1n) is 8.89. The fourth-order valence-electron chi connectivity index (χ4n) is 3.69. The highest BCUT2D eigenvalue weighted by Crippen LogP contribution is 2.32. The van der Waals surface area contributed by atoms with Gasteiger partial charge in [-0.25, -0.2) is 0 Å². The predicted octanol–water partition coefficient (Wildman–Crippen LogP) is 3.03. The molecule has 138 valence electrons. The van der Waals surface area contributed by atoms with Crippen molar-refractivity contribution < 1.29 is 14.3 Å². The van der Waals surface area contributed by atoms with Crippen molar-refractivity contribution >= 4 is 28.4 Å². The van der Waals surface area contributed by atoms with Crippen LogP contribution in [0, 0.1) is 0 Å².